The van der Waals surface area contributed by atoms with Crippen molar-refractivity contribution in [2.75, 3.05) is 14.2 Å². The lowest BCUT2D eigenvalue weighted by Gasteiger charge is -2.37. The Balaban J connectivity index is 1.35. The van der Waals surface area contributed by atoms with Gasteiger partial charge in [-0.15, -0.1) is 0 Å². The number of rotatable bonds is 9. The number of hydrogen-bond donors (Lipinski definition) is 0. The second-order valence-corrected chi connectivity index (χ2v) is 11.9. The molecule has 1 aliphatic heterocycles. The number of nitrogens with zero attached hydrogens (tertiary/aromatic N) is 1. The number of esters is 1. The highest BCUT2D eigenvalue weighted by Crippen LogP contribution is 2.48. The maximum absolute atomic E-state index is 14.1. The van der Waals surface area contributed by atoms with Crippen molar-refractivity contribution in [1.82, 2.24) is 0 Å². The third-order valence-electron chi connectivity index (χ3n) is 9.07. The molecule has 1 unspecified atom stereocenters. The third kappa shape index (κ3) is 6.14. The zero-order valence-corrected chi connectivity index (χ0v) is 25.6. The fraction of sp³-hybridized carbons (Fsp3) is 0.378. The minimum Gasteiger partial charge on any atom is -0.493 e. The Labute approximate surface area is 258 Å². The lowest BCUT2D eigenvalue weighted by molar-refractivity contribution is -0.151. The van der Waals surface area contributed by atoms with Crippen molar-refractivity contribution in [3.8, 4) is 17.2 Å². The van der Waals surface area contributed by atoms with Gasteiger partial charge >= 0.3 is 5.97 Å². The summed E-state index contributed by atoms with van der Waals surface area (Å²) in [6.07, 6.45) is 4.69. The number of Topliss-reactive ketones (excluding diaryl/α,β-unsaturated/α-hetero) is 1. The van der Waals surface area contributed by atoms with E-state index in [1.807, 2.05) is 79.7 Å². The van der Waals surface area contributed by atoms with E-state index in [0.29, 0.717) is 48.0 Å². The number of benzene rings is 3. The predicted molar refractivity (Wildman–Crippen MR) is 168 cm³/mol. The van der Waals surface area contributed by atoms with Crippen molar-refractivity contribution in [2.45, 2.75) is 70.0 Å². The molecule has 0 saturated heterocycles. The molecule has 3 aliphatic rings. The van der Waals surface area contributed by atoms with Gasteiger partial charge in [0, 0.05) is 29.3 Å². The largest absolute Gasteiger partial charge is 0.493 e. The molecule has 44 heavy (non-hydrogen) atoms. The Kier molecular flexibility index (Phi) is 8.82. The molecule has 1 fully saturated rings. The lowest BCUT2D eigenvalue weighted by Crippen LogP contribution is -2.39. The van der Waals surface area contributed by atoms with Gasteiger partial charge in [-0.05, 0) is 85.9 Å². The first-order valence-corrected chi connectivity index (χ1v) is 15.5. The number of carbonyl (C=O) groups excluding carboxylic acids is 2. The van der Waals surface area contributed by atoms with Gasteiger partial charge in [-0.2, -0.15) is 0 Å². The van der Waals surface area contributed by atoms with Crippen LogP contribution in [0.3, 0.4) is 0 Å². The molecule has 0 aromatic heterocycles. The standard InChI is InChI=1S/C37H39NO6/c1-23-34(37(40)44-28-13-7-8-14-28)35(26-12-9-15-29(18-26)43-22-24-10-5-4-6-11-24)36-30(38-23)19-27(20-31(36)39)25-16-17-32(41-2)33(21-25)42-3/h4-6,9-12,15-18,21,27-28,34-35H,7-8,13-14,19-20,22H2,1-3H3/t27-,34?,35+/m0/s1. The van der Waals surface area contributed by atoms with Crippen molar-refractivity contribution in [1.29, 1.82) is 0 Å². The van der Waals surface area contributed by atoms with Gasteiger partial charge in [0.1, 0.15) is 24.4 Å². The molecule has 0 radical (unpaired) electrons. The highest BCUT2D eigenvalue weighted by molar-refractivity contribution is 6.09. The van der Waals surface area contributed by atoms with E-state index in [1.54, 1.807) is 14.2 Å². The summed E-state index contributed by atoms with van der Waals surface area (Å²) >= 11 is 0. The Morgan fingerprint density at radius 2 is 1.64 bits per heavy atom. The van der Waals surface area contributed by atoms with Crippen LogP contribution in [0.5, 0.6) is 17.2 Å². The van der Waals surface area contributed by atoms with Crippen LogP contribution in [-0.2, 0) is 20.9 Å². The molecule has 1 heterocycles. The smallest absolute Gasteiger partial charge is 0.315 e. The molecule has 7 nitrogen and oxygen atoms in total. The molecule has 3 atom stereocenters. The summed E-state index contributed by atoms with van der Waals surface area (Å²) in [6, 6.07) is 23.6. The first-order chi connectivity index (χ1) is 21.4. The van der Waals surface area contributed by atoms with Crippen LogP contribution in [-0.4, -0.2) is 37.8 Å². The van der Waals surface area contributed by atoms with Crippen molar-refractivity contribution < 1.29 is 28.5 Å². The van der Waals surface area contributed by atoms with Gasteiger partial charge < -0.3 is 18.9 Å². The predicted octanol–water partition coefficient (Wildman–Crippen LogP) is 7.34. The molecule has 0 amide bonds. The molecule has 0 bridgehead atoms. The normalized spacial score (nSPS) is 21.8. The fourth-order valence-electron chi connectivity index (χ4n) is 6.85. The zero-order valence-electron chi connectivity index (χ0n) is 25.6. The van der Waals surface area contributed by atoms with Gasteiger partial charge in [-0.3, -0.25) is 14.6 Å². The van der Waals surface area contributed by atoms with Crippen LogP contribution in [0.15, 0.2) is 89.1 Å². The van der Waals surface area contributed by atoms with E-state index in [-0.39, 0.29) is 23.8 Å². The molecule has 7 heteroatoms. The average Bonchev–Trinajstić information content (AvgIpc) is 3.56. The van der Waals surface area contributed by atoms with Crippen molar-refractivity contribution in [2.24, 2.45) is 10.9 Å². The third-order valence-corrected chi connectivity index (χ3v) is 9.07. The number of aliphatic imine (C=N–C) groups is 1. The van der Waals surface area contributed by atoms with Gasteiger partial charge in [0.2, 0.25) is 0 Å². The minimum atomic E-state index is -0.680. The summed E-state index contributed by atoms with van der Waals surface area (Å²) in [6.45, 7) is 2.31. The van der Waals surface area contributed by atoms with Gasteiger partial charge in [-0.1, -0.05) is 48.5 Å². The number of ketones is 1. The second kappa shape index (κ2) is 13.1. The van der Waals surface area contributed by atoms with E-state index in [2.05, 4.69) is 0 Å². The Morgan fingerprint density at radius 3 is 2.39 bits per heavy atom. The summed E-state index contributed by atoms with van der Waals surface area (Å²) in [5.74, 6) is 0.393. The SMILES string of the molecule is COc1ccc([C@@H]2CC(=O)C3=C(C2)N=C(C)C(C(=O)OC2CCCC2)[C@H]3c2cccc(OCc3ccccc3)c2)cc1OC. The van der Waals surface area contributed by atoms with Crippen LogP contribution >= 0.6 is 0 Å². The molecule has 0 spiro atoms. The van der Waals surface area contributed by atoms with Crippen LogP contribution in [0.1, 0.15) is 74.0 Å². The fourth-order valence-corrected chi connectivity index (χ4v) is 6.85. The molecule has 228 valence electrons. The molecular weight excluding hydrogens is 554 g/mol. The summed E-state index contributed by atoms with van der Waals surface area (Å²) < 4.78 is 23.2. The van der Waals surface area contributed by atoms with E-state index < -0.39 is 11.8 Å². The van der Waals surface area contributed by atoms with Gasteiger partial charge in [-0.25, -0.2) is 0 Å². The number of carbonyl (C=O) groups is 2. The van der Waals surface area contributed by atoms with E-state index in [9.17, 15) is 9.59 Å². The number of hydrogen-bond acceptors (Lipinski definition) is 7. The summed E-state index contributed by atoms with van der Waals surface area (Å²) in [5.41, 5.74) is 4.93. The number of methoxy groups -OCH3 is 2. The van der Waals surface area contributed by atoms with Gasteiger partial charge in [0.05, 0.1) is 14.2 Å². The van der Waals surface area contributed by atoms with Crippen LogP contribution in [0.25, 0.3) is 0 Å². The van der Waals surface area contributed by atoms with E-state index in [1.165, 1.54) is 0 Å². The molecular formula is C37H39NO6. The first kappa shape index (κ1) is 29.7. The van der Waals surface area contributed by atoms with Gasteiger partial charge in [0.25, 0.3) is 0 Å². The lowest BCUT2D eigenvalue weighted by atomic mass is 9.69. The quantitative estimate of drug-likeness (QED) is 0.241. The molecule has 3 aromatic carbocycles. The van der Waals surface area contributed by atoms with Gasteiger partial charge in [0.15, 0.2) is 17.3 Å². The van der Waals surface area contributed by atoms with Crippen molar-refractivity contribution in [3.05, 3.63) is 101 Å². The van der Waals surface area contributed by atoms with E-state index >= 15 is 0 Å². The summed E-state index contributed by atoms with van der Waals surface area (Å²) in [7, 11) is 3.21. The maximum Gasteiger partial charge on any atom is 0.315 e. The van der Waals surface area contributed by atoms with Crippen molar-refractivity contribution >= 4 is 17.5 Å². The van der Waals surface area contributed by atoms with Crippen LogP contribution in [0.2, 0.25) is 0 Å². The topological polar surface area (TPSA) is 83.4 Å². The Morgan fingerprint density at radius 1 is 0.864 bits per heavy atom. The maximum atomic E-state index is 14.1. The minimum absolute atomic E-state index is 0.00144. The number of allylic oxidation sites excluding steroid dienone is 2. The molecule has 2 aliphatic carbocycles. The van der Waals surface area contributed by atoms with E-state index in [0.717, 1.165) is 48.1 Å². The Hall–Kier alpha value is -4.39. The summed E-state index contributed by atoms with van der Waals surface area (Å²) in [5, 5.41) is 0. The zero-order chi connectivity index (χ0) is 30.6. The monoisotopic (exact) mass is 593 g/mol. The van der Waals surface area contributed by atoms with E-state index in [4.69, 9.17) is 23.9 Å². The highest BCUT2D eigenvalue weighted by atomic mass is 16.5. The molecule has 6 rings (SSSR count). The van der Waals surface area contributed by atoms with Crippen LogP contribution in [0.4, 0.5) is 0 Å². The van der Waals surface area contributed by atoms with Crippen LogP contribution in [0, 0.1) is 5.92 Å². The Bertz CT molecular complexity index is 1590. The molecule has 3 aromatic rings. The molecule has 0 N–H and O–H groups in total. The molecule has 1 saturated carbocycles. The van der Waals surface area contributed by atoms with Crippen LogP contribution < -0.4 is 14.2 Å². The number of ether oxygens (including phenoxy) is 4. The van der Waals surface area contributed by atoms with Crippen molar-refractivity contribution in [3.63, 3.8) is 0 Å². The second-order valence-electron chi connectivity index (χ2n) is 11.9. The highest BCUT2D eigenvalue weighted by Gasteiger charge is 2.45. The summed E-state index contributed by atoms with van der Waals surface area (Å²) in [4.78, 5) is 32.9. The first-order valence-electron chi connectivity index (χ1n) is 15.5. The average molecular weight is 594 g/mol.